The van der Waals surface area contributed by atoms with Crippen molar-refractivity contribution in [2.24, 2.45) is 4.99 Å². The van der Waals surface area contributed by atoms with E-state index in [9.17, 15) is 5.11 Å². The summed E-state index contributed by atoms with van der Waals surface area (Å²) < 4.78 is 5.20. The Labute approximate surface area is 168 Å². The summed E-state index contributed by atoms with van der Waals surface area (Å²) >= 11 is 0. The summed E-state index contributed by atoms with van der Waals surface area (Å²) in [5.74, 6) is 1.76. The fourth-order valence-electron chi connectivity index (χ4n) is 3.01. The van der Waals surface area contributed by atoms with E-state index in [1.165, 1.54) is 13.0 Å². The average molecular weight is 462 g/mol. The zero-order valence-corrected chi connectivity index (χ0v) is 17.7. The quantitative estimate of drug-likeness (QED) is 0.345. The first-order valence-electron chi connectivity index (χ1n) is 8.71. The molecule has 0 aromatic heterocycles. The van der Waals surface area contributed by atoms with Crippen molar-refractivity contribution in [2.75, 3.05) is 33.8 Å². The third kappa shape index (κ3) is 6.89. The van der Waals surface area contributed by atoms with E-state index < -0.39 is 0 Å². The molecule has 0 amide bonds. The highest BCUT2D eigenvalue weighted by Crippen LogP contribution is 2.22. The molecule has 0 saturated carbocycles. The Morgan fingerprint density at radius 3 is 2.68 bits per heavy atom. The van der Waals surface area contributed by atoms with E-state index in [1.54, 1.807) is 26.3 Å². The molecule has 142 valence electrons. The van der Waals surface area contributed by atoms with Crippen molar-refractivity contribution in [3.05, 3.63) is 23.8 Å². The second-order valence-corrected chi connectivity index (χ2v) is 6.18. The van der Waals surface area contributed by atoms with Gasteiger partial charge in [0, 0.05) is 38.3 Å². The number of hydrogen-bond acceptors (Lipinski definition) is 4. The Morgan fingerprint density at radius 2 is 2.08 bits per heavy atom. The molecule has 1 aromatic rings. The molecule has 0 atom stereocenters. The van der Waals surface area contributed by atoms with Crippen LogP contribution < -0.4 is 15.4 Å². The van der Waals surface area contributed by atoms with Crippen LogP contribution in [0.2, 0.25) is 0 Å². The second-order valence-electron chi connectivity index (χ2n) is 6.18. The Morgan fingerprint density at radius 1 is 1.36 bits per heavy atom. The normalized spacial score (nSPS) is 16.2. The molecule has 0 radical (unpaired) electrons. The molecule has 0 aliphatic carbocycles. The lowest BCUT2D eigenvalue weighted by Gasteiger charge is -2.32. The number of phenols is 1. The number of ether oxygens (including phenoxy) is 1. The van der Waals surface area contributed by atoms with Crippen LogP contribution in [0.25, 0.3) is 0 Å². The SMILES string of the molecule is CCCN1CCC(NC(=NC)NCc2cc(OC)ccc2O)CC1.I. The third-order valence-corrected chi connectivity index (χ3v) is 4.42. The molecule has 1 aliphatic heterocycles. The maximum atomic E-state index is 9.96. The van der Waals surface area contributed by atoms with Gasteiger partial charge in [0.1, 0.15) is 11.5 Å². The van der Waals surface area contributed by atoms with Gasteiger partial charge in [0.05, 0.1) is 7.11 Å². The lowest BCUT2D eigenvalue weighted by Crippen LogP contribution is -2.48. The fourth-order valence-corrected chi connectivity index (χ4v) is 3.01. The fraction of sp³-hybridized carbons (Fsp3) is 0.611. The Hall–Kier alpha value is -1.22. The number of nitrogens with zero attached hydrogens (tertiary/aromatic N) is 2. The molecule has 7 heteroatoms. The van der Waals surface area contributed by atoms with Crippen molar-refractivity contribution in [1.82, 2.24) is 15.5 Å². The highest BCUT2D eigenvalue weighted by molar-refractivity contribution is 14.0. The molecule has 1 aliphatic rings. The minimum atomic E-state index is 0. The molecule has 6 nitrogen and oxygen atoms in total. The number of piperidine rings is 1. The number of nitrogens with one attached hydrogen (secondary N) is 2. The molecule has 25 heavy (non-hydrogen) atoms. The zero-order chi connectivity index (χ0) is 17.4. The van der Waals surface area contributed by atoms with E-state index in [0.29, 0.717) is 12.6 Å². The Bertz CT molecular complexity index is 546. The van der Waals surface area contributed by atoms with Gasteiger partial charge in [0.2, 0.25) is 0 Å². The summed E-state index contributed by atoms with van der Waals surface area (Å²) in [6.45, 7) is 6.19. The number of likely N-dealkylation sites (tertiary alicyclic amines) is 1. The number of halogens is 1. The van der Waals surface area contributed by atoms with E-state index in [-0.39, 0.29) is 29.7 Å². The molecule has 1 fully saturated rings. The van der Waals surface area contributed by atoms with Gasteiger partial charge in [-0.2, -0.15) is 0 Å². The Kier molecular flexibility index (Phi) is 9.96. The van der Waals surface area contributed by atoms with Crippen LogP contribution in [0.1, 0.15) is 31.7 Å². The molecule has 3 N–H and O–H groups in total. The number of aliphatic imine (C=N–C) groups is 1. The molecular formula is C18H31IN4O2. The molecule has 0 bridgehead atoms. The van der Waals surface area contributed by atoms with Crippen molar-refractivity contribution in [2.45, 2.75) is 38.8 Å². The summed E-state index contributed by atoms with van der Waals surface area (Å²) in [7, 11) is 3.39. The van der Waals surface area contributed by atoms with Crippen molar-refractivity contribution in [1.29, 1.82) is 0 Å². The van der Waals surface area contributed by atoms with Crippen LogP contribution in [0, 0.1) is 0 Å². The standard InChI is InChI=1S/C18H30N4O2.HI/c1-4-9-22-10-7-15(8-11-22)21-18(19-2)20-13-14-12-16(24-3)5-6-17(14)23;/h5-6,12,15,23H,4,7-11,13H2,1-3H3,(H2,19,20,21);1H. The van der Waals surface area contributed by atoms with Gasteiger partial charge in [-0.1, -0.05) is 6.92 Å². The average Bonchev–Trinajstić information content (AvgIpc) is 2.61. The Balaban J connectivity index is 0.00000312. The van der Waals surface area contributed by atoms with E-state index >= 15 is 0 Å². The van der Waals surface area contributed by atoms with Gasteiger partial charge in [0.25, 0.3) is 0 Å². The predicted molar refractivity (Wildman–Crippen MR) is 113 cm³/mol. The van der Waals surface area contributed by atoms with Gasteiger partial charge >= 0.3 is 0 Å². The van der Waals surface area contributed by atoms with Gasteiger partial charge < -0.3 is 25.4 Å². The van der Waals surface area contributed by atoms with Gasteiger partial charge in [0.15, 0.2) is 5.96 Å². The number of aromatic hydroxyl groups is 1. The van der Waals surface area contributed by atoms with Crippen LogP contribution in [0.4, 0.5) is 0 Å². The summed E-state index contributed by atoms with van der Waals surface area (Å²) in [6, 6.07) is 5.67. The number of benzene rings is 1. The molecule has 1 heterocycles. The zero-order valence-electron chi connectivity index (χ0n) is 15.4. The van der Waals surface area contributed by atoms with E-state index in [2.05, 4.69) is 27.4 Å². The summed E-state index contributed by atoms with van der Waals surface area (Å²) in [5, 5.41) is 16.7. The minimum Gasteiger partial charge on any atom is -0.508 e. The smallest absolute Gasteiger partial charge is 0.191 e. The predicted octanol–water partition coefficient (Wildman–Crippen LogP) is 2.56. The van der Waals surface area contributed by atoms with Crippen LogP contribution in [-0.2, 0) is 6.54 Å². The van der Waals surface area contributed by atoms with E-state index in [0.717, 1.165) is 43.2 Å². The monoisotopic (exact) mass is 462 g/mol. The molecule has 0 spiro atoms. The topological polar surface area (TPSA) is 69.1 Å². The van der Waals surface area contributed by atoms with Crippen molar-refractivity contribution >= 4 is 29.9 Å². The minimum absolute atomic E-state index is 0. The number of methoxy groups -OCH3 is 1. The molecule has 2 rings (SSSR count). The summed E-state index contributed by atoms with van der Waals surface area (Å²) in [6.07, 6.45) is 3.47. The van der Waals surface area contributed by atoms with Crippen LogP contribution in [0.15, 0.2) is 23.2 Å². The van der Waals surface area contributed by atoms with Crippen LogP contribution in [0.3, 0.4) is 0 Å². The van der Waals surface area contributed by atoms with E-state index in [4.69, 9.17) is 4.74 Å². The van der Waals surface area contributed by atoms with Crippen molar-refractivity contribution in [3.8, 4) is 11.5 Å². The van der Waals surface area contributed by atoms with Gasteiger partial charge in [-0.15, -0.1) is 24.0 Å². The van der Waals surface area contributed by atoms with Crippen LogP contribution in [-0.4, -0.2) is 55.8 Å². The first kappa shape index (κ1) is 21.8. The number of phenolic OH excluding ortho intramolecular Hbond substituents is 1. The van der Waals surface area contributed by atoms with E-state index in [1.807, 2.05) is 6.07 Å². The number of hydrogen-bond donors (Lipinski definition) is 3. The first-order valence-corrected chi connectivity index (χ1v) is 8.71. The lowest BCUT2D eigenvalue weighted by atomic mass is 10.1. The lowest BCUT2D eigenvalue weighted by molar-refractivity contribution is 0.206. The third-order valence-electron chi connectivity index (χ3n) is 4.42. The molecular weight excluding hydrogens is 431 g/mol. The first-order chi connectivity index (χ1) is 11.7. The van der Waals surface area contributed by atoms with Gasteiger partial charge in [-0.25, -0.2) is 0 Å². The summed E-state index contributed by atoms with van der Waals surface area (Å²) in [5.41, 5.74) is 0.787. The van der Waals surface area contributed by atoms with Gasteiger partial charge in [-0.3, -0.25) is 4.99 Å². The maximum absolute atomic E-state index is 9.96. The summed E-state index contributed by atoms with van der Waals surface area (Å²) in [4.78, 5) is 6.81. The van der Waals surface area contributed by atoms with Crippen molar-refractivity contribution < 1.29 is 9.84 Å². The molecule has 1 aromatic carbocycles. The van der Waals surface area contributed by atoms with Crippen LogP contribution in [0.5, 0.6) is 11.5 Å². The van der Waals surface area contributed by atoms with Crippen molar-refractivity contribution in [3.63, 3.8) is 0 Å². The number of guanidine groups is 1. The molecule has 0 unspecified atom stereocenters. The van der Waals surface area contributed by atoms with Crippen LogP contribution >= 0.6 is 24.0 Å². The largest absolute Gasteiger partial charge is 0.508 e. The maximum Gasteiger partial charge on any atom is 0.191 e. The number of rotatable bonds is 6. The second kappa shape index (κ2) is 11.4. The highest BCUT2D eigenvalue weighted by atomic mass is 127. The molecule has 1 saturated heterocycles. The van der Waals surface area contributed by atoms with Gasteiger partial charge in [-0.05, 0) is 44.0 Å². The highest BCUT2D eigenvalue weighted by Gasteiger charge is 2.19.